The average Bonchev–Trinajstić information content (AvgIpc) is 4.22. The summed E-state index contributed by atoms with van der Waals surface area (Å²) in [5.74, 6) is 5.89. The Bertz CT molecular complexity index is 3420. The maximum atomic E-state index is 5.77. The second-order valence-corrected chi connectivity index (χ2v) is 23.8. The van der Waals surface area contributed by atoms with Crippen LogP contribution in [0.15, 0.2) is 227 Å². The zero-order valence-electron chi connectivity index (χ0n) is 44.1. The Morgan fingerprint density at radius 3 is 0.859 bits per heavy atom. The summed E-state index contributed by atoms with van der Waals surface area (Å²) >= 11 is 0. The molecule has 0 spiro atoms. The third kappa shape index (κ3) is 8.39. The zero-order valence-corrected chi connectivity index (χ0v) is 44.1. The van der Waals surface area contributed by atoms with E-state index in [1.807, 2.05) is 0 Å². The van der Waals surface area contributed by atoms with E-state index >= 15 is 0 Å². The van der Waals surface area contributed by atoms with Crippen LogP contribution >= 0.6 is 0 Å². The van der Waals surface area contributed by atoms with Crippen molar-refractivity contribution in [1.82, 2.24) is 28.7 Å². The van der Waals surface area contributed by atoms with Crippen LogP contribution in [0.4, 0.5) is 0 Å². The smallest absolute Gasteiger partial charge is 0.253 e. The van der Waals surface area contributed by atoms with Gasteiger partial charge in [-0.05, 0) is 137 Å². The first kappa shape index (κ1) is 47.0. The van der Waals surface area contributed by atoms with Crippen molar-refractivity contribution in [2.75, 3.05) is 0 Å². The lowest BCUT2D eigenvalue weighted by atomic mass is 9.53. The summed E-state index contributed by atoms with van der Waals surface area (Å²) in [5, 5.41) is 33.1. The summed E-state index contributed by atoms with van der Waals surface area (Å²) in [5.41, 5.74) is 10.8. The highest BCUT2D eigenvalue weighted by atomic mass is 15.5. The van der Waals surface area contributed by atoms with Gasteiger partial charge in [0.05, 0.1) is 22.5 Å². The van der Waals surface area contributed by atoms with Crippen LogP contribution in [-0.2, 0) is 11.1 Å². The SMILES string of the molecule is c1ccc(C(=N/N=c2\n(C34CC5CC(CC(C5)C3)C4)nc(-c3ccccc3)n2-c2ccc(-n3c(-c4ccccc4)nn(C45CC6CC(CC(C6)C4)C5)/c3=N\N=C(c3ccccc3)c3ccccc3)cc2)c2ccccc2)cc1. The molecular weight excluding hydrogens is 957 g/mol. The monoisotopic (exact) mass is 1020 g/mol. The summed E-state index contributed by atoms with van der Waals surface area (Å²) in [6, 6.07) is 72.1. The molecule has 0 N–H and O–H groups in total. The van der Waals surface area contributed by atoms with Gasteiger partial charge in [-0.15, -0.1) is 20.4 Å². The van der Waals surface area contributed by atoms with E-state index in [0.717, 1.165) is 118 Å². The van der Waals surface area contributed by atoms with Gasteiger partial charge in [0.2, 0.25) is 0 Å². The molecule has 2 heterocycles. The average molecular weight is 1020 g/mol. The molecule has 8 bridgehead atoms. The predicted octanol–water partition coefficient (Wildman–Crippen LogP) is 13.6. The molecule has 9 aromatic rings. The molecule has 8 aliphatic carbocycles. The van der Waals surface area contributed by atoms with Gasteiger partial charge >= 0.3 is 0 Å². The molecule has 2 aromatic heterocycles. The van der Waals surface area contributed by atoms with Gasteiger partial charge < -0.3 is 0 Å². The van der Waals surface area contributed by atoms with Crippen molar-refractivity contribution in [3.8, 4) is 34.2 Å². The van der Waals surface area contributed by atoms with Crippen molar-refractivity contribution in [3.63, 3.8) is 0 Å². The van der Waals surface area contributed by atoms with Gasteiger partial charge in [0, 0.05) is 33.4 Å². The van der Waals surface area contributed by atoms with Crippen molar-refractivity contribution in [2.24, 2.45) is 55.9 Å². The molecule has 0 saturated heterocycles. The van der Waals surface area contributed by atoms with Crippen LogP contribution in [0.2, 0.25) is 0 Å². The van der Waals surface area contributed by atoms with E-state index in [4.69, 9.17) is 30.6 Å². The van der Waals surface area contributed by atoms with E-state index in [1.165, 1.54) is 38.5 Å². The van der Waals surface area contributed by atoms with Crippen LogP contribution in [0, 0.1) is 35.5 Å². The lowest BCUT2D eigenvalue weighted by Crippen LogP contribution is -2.55. The molecule has 0 atom stereocenters. The Hall–Kier alpha value is -8.24. The molecule has 0 amide bonds. The maximum Gasteiger partial charge on any atom is 0.253 e. The summed E-state index contributed by atoms with van der Waals surface area (Å²) < 4.78 is 9.24. The molecule has 0 unspecified atom stereocenters. The van der Waals surface area contributed by atoms with Crippen LogP contribution in [0.3, 0.4) is 0 Å². The first-order valence-electron chi connectivity index (χ1n) is 28.6. The highest BCUT2D eigenvalue weighted by Crippen LogP contribution is 2.60. The van der Waals surface area contributed by atoms with Crippen LogP contribution in [0.1, 0.15) is 99.3 Å². The number of benzene rings is 7. The van der Waals surface area contributed by atoms with Crippen molar-refractivity contribution in [3.05, 3.63) is 240 Å². The number of hydrogen-bond acceptors (Lipinski definition) is 6. The fourth-order valence-corrected chi connectivity index (χ4v) is 16.1. The molecule has 78 heavy (non-hydrogen) atoms. The van der Waals surface area contributed by atoms with Crippen LogP contribution < -0.4 is 11.2 Å². The highest BCUT2D eigenvalue weighted by Gasteiger charge is 2.55. The lowest BCUT2D eigenvalue weighted by molar-refractivity contribution is -0.0519. The molecule has 7 aromatic carbocycles. The first-order chi connectivity index (χ1) is 38.5. The largest absolute Gasteiger partial charge is 0.260 e. The summed E-state index contributed by atoms with van der Waals surface area (Å²) in [4.78, 5) is 0. The minimum Gasteiger partial charge on any atom is -0.260 e. The number of aromatic nitrogens is 6. The van der Waals surface area contributed by atoms with E-state index in [-0.39, 0.29) is 11.1 Å². The predicted molar refractivity (Wildman–Crippen MR) is 308 cm³/mol. The second-order valence-electron chi connectivity index (χ2n) is 23.8. The minimum absolute atomic E-state index is 0.154. The standard InChI is InChI=1S/C68H64N10/c1-7-19-53(20-8-1)61(54-21-9-2-10-22-54)69-71-65-75(63(57-27-15-5-16-28-57)73-77(65)67-41-47-35-48(42-67)37-49(36-47)43-67)59-31-33-60(34-32-59)76-64(58-29-17-6-18-30-58)74-78(68-44-50-38-51(45-68)40-52(39-50)46-68)66(76)72-70-62(55-23-11-3-12-24-55)56-25-13-4-14-26-56/h1-34,47-52H,35-46H2/b71-65-,72-66-. The molecular formula is C68H64N10. The molecule has 0 radical (unpaired) electrons. The van der Waals surface area contributed by atoms with Crippen LogP contribution in [0.5, 0.6) is 0 Å². The molecule has 0 aliphatic heterocycles. The van der Waals surface area contributed by atoms with E-state index < -0.39 is 0 Å². The summed E-state index contributed by atoms with van der Waals surface area (Å²) in [7, 11) is 0. The molecule has 8 fully saturated rings. The molecule has 386 valence electrons. The van der Waals surface area contributed by atoms with Crippen molar-refractivity contribution in [2.45, 2.75) is 88.1 Å². The molecule has 8 saturated carbocycles. The van der Waals surface area contributed by atoms with Gasteiger partial charge in [-0.3, -0.25) is 9.13 Å². The Morgan fingerprint density at radius 2 is 0.590 bits per heavy atom. The quantitative estimate of drug-likeness (QED) is 0.0900. The molecule has 8 aliphatic rings. The molecule has 10 nitrogen and oxygen atoms in total. The molecule has 17 rings (SSSR count). The Kier molecular flexibility index (Phi) is 11.7. The number of nitrogens with zero attached hydrogens (tertiary/aromatic N) is 10. The maximum absolute atomic E-state index is 5.77. The first-order valence-corrected chi connectivity index (χ1v) is 28.6. The fraction of sp³-hybridized carbons (Fsp3) is 0.294. The van der Waals surface area contributed by atoms with Crippen molar-refractivity contribution >= 4 is 11.4 Å². The van der Waals surface area contributed by atoms with E-state index in [0.29, 0.717) is 35.5 Å². The van der Waals surface area contributed by atoms with Gasteiger partial charge in [0.15, 0.2) is 11.6 Å². The van der Waals surface area contributed by atoms with Gasteiger partial charge in [-0.2, -0.15) is 10.2 Å². The highest BCUT2D eigenvalue weighted by molar-refractivity contribution is 6.13. The van der Waals surface area contributed by atoms with E-state index in [1.54, 1.807) is 0 Å². The van der Waals surface area contributed by atoms with Gasteiger partial charge in [-0.25, -0.2) is 9.36 Å². The minimum atomic E-state index is -0.154. The third-order valence-electron chi connectivity index (χ3n) is 18.6. The van der Waals surface area contributed by atoms with Gasteiger partial charge in [0.1, 0.15) is 11.4 Å². The van der Waals surface area contributed by atoms with Gasteiger partial charge in [0.25, 0.3) is 11.2 Å². The van der Waals surface area contributed by atoms with E-state index in [2.05, 4.69) is 225 Å². The Labute approximate surface area is 455 Å². The topological polar surface area (TPSA) is 94.9 Å². The van der Waals surface area contributed by atoms with Crippen molar-refractivity contribution < 1.29 is 0 Å². The summed E-state index contributed by atoms with van der Waals surface area (Å²) in [6.07, 6.45) is 14.6. The van der Waals surface area contributed by atoms with Gasteiger partial charge in [-0.1, -0.05) is 182 Å². The van der Waals surface area contributed by atoms with Crippen LogP contribution in [-0.4, -0.2) is 40.1 Å². The second kappa shape index (κ2) is 19.3. The van der Waals surface area contributed by atoms with Crippen molar-refractivity contribution in [1.29, 1.82) is 0 Å². The van der Waals surface area contributed by atoms with Crippen LogP contribution in [0.25, 0.3) is 34.2 Å². The Balaban J connectivity index is 0.967. The third-order valence-corrected chi connectivity index (χ3v) is 18.6. The normalized spacial score (nSPS) is 25.8. The number of hydrogen-bond donors (Lipinski definition) is 0. The zero-order chi connectivity index (χ0) is 51.6. The molecule has 10 heteroatoms. The summed E-state index contributed by atoms with van der Waals surface area (Å²) in [6.45, 7) is 0. The fourth-order valence-electron chi connectivity index (χ4n) is 16.1. The lowest BCUT2D eigenvalue weighted by Gasteiger charge is -2.56. The Morgan fingerprint density at radius 1 is 0.333 bits per heavy atom. The van der Waals surface area contributed by atoms with E-state index in [9.17, 15) is 0 Å². The number of rotatable bonds is 12.